The highest BCUT2D eigenvalue weighted by Crippen LogP contribution is 2.22. The maximum Gasteiger partial charge on any atom is 0.0692 e. The van der Waals surface area contributed by atoms with Gasteiger partial charge in [0.15, 0.2) is 0 Å². The number of hydrogen-bond donors (Lipinski definition) is 2. The van der Waals surface area contributed by atoms with Gasteiger partial charge in [-0.25, -0.2) is 0 Å². The van der Waals surface area contributed by atoms with Crippen molar-refractivity contribution in [2.75, 3.05) is 6.54 Å². The van der Waals surface area contributed by atoms with Crippen LogP contribution in [-0.2, 0) is 0 Å². The van der Waals surface area contributed by atoms with E-state index in [9.17, 15) is 5.11 Å². The van der Waals surface area contributed by atoms with Crippen molar-refractivity contribution >= 4 is 11.6 Å². The van der Waals surface area contributed by atoms with Crippen LogP contribution in [0.3, 0.4) is 0 Å². The molecule has 3 heteroatoms. The van der Waals surface area contributed by atoms with Gasteiger partial charge in [0.2, 0.25) is 0 Å². The second kappa shape index (κ2) is 7.78. The Bertz CT molecular complexity index is 352. The van der Waals surface area contributed by atoms with Gasteiger partial charge in [-0.05, 0) is 24.5 Å². The van der Waals surface area contributed by atoms with Crippen molar-refractivity contribution in [2.45, 2.75) is 45.8 Å². The van der Waals surface area contributed by atoms with E-state index in [4.69, 9.17) is 11.6 Å². The van der Waals surface area contributed by atoms with E-state index in [2.05, 4.69) is 26.1 Å². The number of benzene rings is 1. The molecule has 1 aromatic carbocycles. The van der Waals surface area contributed by atoms with Crippen LogP contribution in [0.4, 0.5) is 0 Å². The van der Waals surface area contributed by atoms with Crippen LogP contribution in [0.5, 0.6) is 0 Å². The van der Waals surface area contributed by atoms with Crippen LogP contribution in [0, 0.1) is 5.92 Å². The lowest BCUT2D eigenvalue weighted by molar-refractivity contribution is 0.0989. The molecule has 2 atom stereocenters. The largest absolute Gasteiger partial charge is 0.392 e. The summed E-state index contributed by atoms with van der Waals surface area (Å²) in [6.07, 6.45) is 1.74. The smallest absolute Gasteiger partial charge is 0.0692 e. The molecule has 18 heavy (non-hydrogen) atoms. The molecule has 0 aliphatic rings. The van der Waals surface area contributed by atoms with E-state index >= 15 is 0 Å². The molecule has 0 radical (unpaired) electrons. The summed E-state index contributed by atoms with van der Waals surface area (Å²) >= 11 is 6.15. The average Bonchev–Trinajstić information content (AvgIpc) is 2.38. The molecule has 0 spiro atoms. The molecule has 0 saturated heterocycles. The SMILES string of the molecule is CCC(CC)C(O)CNC(C)c1ccccc1Cl. The monoisotopic (exact) mass is 269 g/mol. The zero-order valence-electron chi connectivity index (χ0n) is 11.5. The zero-order chi connectivity index (χ0) is 13.5. The Balaban J connectivity index is 2.51. The highest BCUT2D eigenvalue weighted by Gasteiger charge is 2.17. The number of nitrogens with one attached hydrogen (secondary N) is 1. The summed E-state index contributed by atoms with van der Waals surface area (Å²) in [6, 6.07) is 7.98. The Morgan fingerprint density at radius 1 is 1.22 bits per heavy atom. The first-order chi connectivity index (χ1) is 8.60. The van der Waals surface area contributed by atoms with Crippen molar-refractivity contribution in [1.82, 2.24) is 5.32 Å². The number of aliphatic hydroxyl groups is 1. The molecule has 102 valence electrons. The van der Waals surface area contributed by atoms with E-state index < -0.39 is 0 Å². The van der Waals surface area contributed by atoms with Gasteiger partial charge in [0.05, 0.1) is 6.10 Å². The Morgan fingerprint density at radius 2 is 1.83 bits per heavy atom. The van der Waals surface area contributed by atoms with Crippen LogP contribution in [0.15, 0.2) is 24.3 Å². The molecule has 0 fully saturated rings. The summed E-state index contributed by atoms with van der Waals surface area (Å²) in [5, 5.41) is 14.2. The van der Waals surface area contributed by atoms with Gasteiger partial charge in [-0.15, -0.1) is 0 Å². The van der Waals surface area contributed by atoms with Crippen LogP contribution in [0.2, 0.25) is 5.02 Å². The fraction of sp³-hybridized carbons (Fsp3) is 0.600. The molecule has 0 aliphatic carbocycles. The molecule has 0 bridgehead atoms. The second-order valence-corrected chi connectivity index (χ2v) is 5.20. The maximum absolute atomic E-state index is 10.1. The van der Waals surface area contributed by atoms with Crippen molar-refractivity contribution in [3.8, 4) is 0 Å². The average molecular weight is 270 g/mol. The maximum atomic E-state index is 10.1. The Morgan fingerprint density at radius 3 is 2.39 bits per heavy atom. The van der Waals surface area contributed by atoms with E-state index in [0.717, 1.165) is 23.4 Å². The minimum absolute atomic E-state index is 0.155. The predicted octanol–water partition coefficient (Wildman–Crippen LogP) is 3.79. The molecule has 0 heterocycles. The second-order valence-electron chi connectivity index (χ2n) is 4.80. The van der Waals surface area contributed by atoms with Crippen LogP contribution in [0.1, 0.15) is 45.2 Å². The van der Waals surface area contributed by atoms with Crippen LogP contribution in [-0.4, -0.2) is 17.8 Å². The van der Waals surface area contributed by atoms with Gasteiger partial charge in [-0.3, -0.25) is 0 Å². The van der Waals surface area contributed by atoms with Crippen molar-refractivity contribution in [2.24, 2.45) is 5.92 Å². The third kappa shape index (κ3) is 4.27. The normalized spacial score (nSPS) is 14.8. The first-order valence-electron chi connectivity index (χ1n) is 6.76. The van der Waals surface area contributed by atoms with Gasteiger partial charge in [-0.2, -0.15) is 0 Å². The minimum Gasteiger partial charge on any atom is -0.392 e. The summed E-state index contributed by atoms with van der Waals surface area (Å²) in [5.41, 5.74) is 1.08. The third-order valence-electron chi connectivity index (χ3n) is 3.60. The highest BCUT2D eigenvalue weighted by atomic mass is 35.5. The zero-order valence-corrected chi connectivity index (χ0v) is 12.2. The summed E-state index contributed by atoms with van der Waals surface area (Å²) in [4.78, 5) is 0. The minimum atomic E-state index is -0.287. The van der Waals surface area contributed by atoms with Crippen molar-refractivity contribution in [3.05, 3.63) is 34.9 Å². The van der Waals surface area contributed by atoms with E-state index in [-0.39, 0.29) is 12.1 Å². The predicted molar refractivity (Wildman–Crippen MR) is 77.9 cm³/mol. The molecule has 0 amide bonds. The van der Waals surface area contributed by atoms with Crippen molar-refractivity contribution in [1.29, 1.82) is 0 Å². The van der Waals surface area contributed by atoms with Gasteiger partial charge in [0.1, 0.15) is 0 Å². The van der Waals surface area contributed by atoms with E-state index in [0.29, 0.717) is 12.5 Å². The fourth-order valence-electron chi connectivity index (χ4n) is 2.23. The van der Waals surface area contributed by atoms with Gasteiger partial charge in [-0.1, -0.05) is 56.5 Å². The number of aliphatic hydroxyl groups excluding tert-OH is 1. The number of halogens is 1. The van der Waals surface area contributed by atoms with E-state index in [1.54, 1.807) is 0 Å². The van der Waals surface area contributed by atoms with Crippen LogP contribution in [0.25, 0.3) is 0 Å². The van der Waals surface area contributed by atoms with Gasteiger partial charge in [0.25, 0.3) is 0 Å². The van der Waals surface area contributed by atoms with Crippen LogP contribution >= 0.6 is 11.6 Å². The molecule has 0 aliphatic heterocycles. The summed E-state index contributed by atoms with van der Waals surface area (Å²) in [7, 11) is 0. The summed E-state index contributed by atoms with van der Waals surface area (Å²) in [5.74, 6) is 0.371. The first-order valence-corrected chi connectivity index (χ1v) is 7.13. The fourth-order valence-corrected chi connectivity index (χ4v) is 2.53. The first kappa shape index (κ1) is 15.5. The topological polar surface area (TPSA) is 32.3 Å². The third-order valence-corrected chi connectivity index (χ3v) is 3.94. The molecular weight excluding hydrogens is 246 g/mol. The molecule has 0 aromatic heterocycles. The van der Waals surface area contributed by atoms with E-state index in [1.807, 2.05) is 24.3 Å². The van der Waals surface area contributed by atoms with Gasteiger partial charge >= 0.3 is 0 Å². The lowest BCUT2D eigenvalue weighted by Crippen LogP contribution is -2.34. The van der Waals surface area contributed by atoms with E-state index in [1.165, 1.54) is 0 Å². The Kier molecular flexibility index (Phi) is 6.69. The number of hydrogen-bond acceptors (Lipinski definition) is 2. The van der Waals surface area contributed by atoms with Gasteiger partial charge in [0, 0.05) is 17.6 Å². The Hall–Kier alpha value is -0.570. The number of rotatable bonds is 7. The molecule has 1 aromatic rings. The van der Waals surface area contributed by atoms with Gasteiger partial charge < -0.3 is 10.4 Å². The molecule has 1 rings (SSSR count). The van der Waals surface area contributed by atoms with Crippen molar-refractivity contribution < 1.29 is 5.11 Å². The molecule has 2 nitrogen and oxygen atoms in total. The molecular formula is C15H24ClNO. The molecule has 0 saturated carbocycles. The Labute approximate surface area is 115 Å². The lowest BCUT2D eigenvalue weighted by atomic mass is 9.96. The van der Waals surface area contributed by atoms with Crippen molar-refractivity contribution in [3.63, 3.8) is 0 Å². The quantitative estimate of drug-likeness (QED) is 0.789. The summed E-state index contributed by atoms with van der Waals surface area (Å²) < 4.78 is 0. The highest BCUT2D eigenvalue weighted by molar-refractivity contribution is 6.31. The van der Waals surface area contributed by atoms with Crippen LogP contribution < -0.4 is 5.32 Å². The lowest BCUT2D eigenvalue weighted by Gasteiger charge is -2.23. The summed E-state index contributed by atoms with van der Waals surface area (Å²) in [6.45, 7) is 6.92. The molecule has 2 N–H and O–H groups in total. The standard InChI is InChI=1S/C15H24ClNO/c1-4-12(5-2)15(18)10-17-11(3)13-8-6-7-9-14(13)16/h6-9,11-12,15,17-18H,4-5,10H2,1-3H3. The molecule has 2 unspecified atom stereocenters.